The van der Waals surface area contributed by atoms with Gasteiger partial charge in [0.2, 0.25) is 0 Å². The first-order chi connectivity index (χ1) is 17.7. The molecule has 1 aliphatic heterocycles. The van der Waals surface area contributed by atoms with Crippen molar-refractivity contribution in [1.82, 2.24) is 20.0 Å². The van der Waals surface area contributed by atoms with Crippen molar-refractivity contribution < 1.29 is 19.1 Å². The van der Waals surface area contributed by atoms with E-state index < -0.39 is 5.60 Å². The van der Waals surface area contributed by atoms with Crippen LogP contribution in [0.15, 0.2) is 54.7 Å². The number of para-hydroxylation sites is 1. The molecular formula is C29H36N4O4. The Morgan fingerprint density at radius 3 is 2.38 bits per heavy atom. The van der Waals surface area contributed by atoms with E-state index in [4.69, 9.17) is 9.47 Å². The molecule has 196 valence electrons. The lowest BCUT2D eigenvalue weighted by Gasteiger charge is -2.34. The molecule has 1 fully saturated rings. The number of benzene rings is 2. The molecular weight excluding hydrogens is 468 g/mol. The lowest BCUT2D eigenvalue weighted by molar-refractivity contribution is 0.0203. The number of carbonyl (C=O) groups excluding carboxylic acids is 2. The predicted molar refractivity (Wildman–Crippen MR) is 142 cm³/mol. The SMILES string of the molecule is COc1ccccc1CNC(=O)c1cnn(-c2ccc(C)cc2)c1C1CCN(C(=O)OC(C)(C)C)CC1. The van der Waals surface area contributed by atoms with Crippen molar-refractivity contribution >= 4 is 12.0 Å². The first kappa shape index (κ1) is 26.3. The number of aryl methyl sites for hydroxylation is 1. The molecule has 8 nitrogen and oxygen atoms in total. The largest absolute Gasteiger partial charge is 0.496 e. The van der Waals surface area contributed by atoms with Crippen LogP contribution in [0.3, 0.4) is 0 Å². The van der Waals surface area contributed by atoms with Crippen LogP contribution >= 0.6 is 0 Å². The molecule has 1 saturated heterocycles. The first-order valence-electron chi connectivity index (χ1n) is 12.7. The number of nitrogens with one attached hydrogen (secondary N) is 1. The average molecular weight is 505 g/mol. The Morgan fingerprint density at radius 1 is 1.05 bits per heavy atom. The van der Waals surface area contributed by atoms with E-state index in [1.165, 1.54) is 0 Å². The monoisotopic (exact) mass is 504 g/mol. The number of amides is 2. The van der Waals surface area contributed by atoms with Crippen LogP contribution < -0.4 is 10.1 Å². The Bertz CT molecular complexity index is 1240. The number of aromatic nitrogens is 2. The number of piperidine rings is 1. The fraction of sp³-hybridized carbons (Fsp3) is 0.414. The Labute approximate surface area is 218 Å². The molecule has 8 heteroatoms. The van der Waals surface area contributed by atoms with E-state index in [1.54, 1.807) is 18.2 Å². The summed E-state index contributed by atoms with van der Waals surface area (Å²) in [5.74, 6) is 0.608. The zero-order chi connectivity index (χ0) is 26.6. The summed E-state index contributed by atoms with van der Waals surface area (Å²) >= 11 is 0. The number of methoxy groups -OCH3 is 1. The average Bonchev–Trinajstić information content (AvgIpc) is 3.32. The molecule has 1 aromatic heterocycles. The molecule has 0 aliphatic carbocycles. The molecule has 1 aliphatic rings. The first-order valence-corrected chi connectivity index (χ1v) is 12.7. The predicted octanol–water partition coefficient (Wildman–Crippen LogP) is 5.23. The van der Waals surface area contributed by atoms with Crippen LogP contribution in [0.1, 0.15) is 66.7 Å². The maximum Gasteiger partial charge on any atom is 0.410 e. The van der Waals surface area contributed by atoms with E-state index in [1.807, 2.05) is 80.9 Å². The van der Waals surface area contributed by atoms with Gasteiger partial charge in [-0.05, 0) is 58.7 Å². The maximum absolute atomic E-state index is 13.4. The second-order valence-electron chi connectivity index (χ2n) is 10.4. The number of likely N-dealkylation sites (tertiary alicyclic amines) is 1. The van der Waals surface area contributed by atoms with Gasteiger partial charge in [-0.1, -0.05) is 35.9 Å². The van der Waals surface area contributed by atoms with E-state index >= 15 is 0 Å². The molecule has 2 aromatic carbocycles. The van der Waals surface area contributed by atoms with Gasteiger partial charge in [0.05, 0.1) is 30.3 Å². The van der Waals surface area contributed by atoms with Gasteiger partial charge in [-0.15, -0.1) is 0 Å². The highest BCUT2D eigenvalue weighted by atomic mass is 16.6. The van der Waals surface area contributed by atoms with Gasteiger partial charge in [-0.25, -0.2) is 9.48 Å². The Balaban J connectivity index is 1.57. The summed E-state index contributed by atoms with van der Waals surface area (Å²) < 4.78 is 12.8. The summed E-state index contributed by atoms with van der Waals surface area (Å²) in [6, 6.07) is 15.7. The number of ether oxygens (including phenoxy) is 2. The van der Waals surface area contributed by atoms with Gasteiger partial charge < -0.3 is 19.7 Å². The summed E-state index contributed by atoms with van der Waals surface area (Å²) in [7, 11) is 1.62. The highest BCUT2D eigenvalue weighted by Gasteiger charge is 2.32. The van der Waals surface area contributed by atoms with Gasteiger partial charge in [0.1, 0.15) is 11.4 Å². The topological polar surface area (TPSA) is 85.7 Å². The molecule has 4 rings (SSSR count). The molecule has 0 saturated carbocycles. The Morgan fingerprint density at radius 2 is 1.73 bits per heavy atom. The van der Waals surface area contributed by atoms with E-state index in [-0.39, 0.29) is 17.9 Å². The molecule has 0 atom stereocenters. The third-order valence-electron chi connectivity index (χ3n) is 6.49. The molecule has 0 radical (unpaired) electrons. The third-order valence-corrected chi connectivity index (χ3v) is 6.49. The molecule has 1 N–H and O–H groups in total. The van der Waals surface area contributed by atoms with E-state index in [2.05, 4.69) is 10.4 Å². The minimum atomic E-state index is -0.537. The van der Waals surface area contributed by atoms with Crippen LogP contribution in [0.4, 0.5) is 4.79 Å². The van der Waals surface area contributed by atoms with Gasteiger partial charge in [0, 0.05) is 31.1 Å². The molecule has 0 unspecified atom stereocenters. The molecule has 0 spiro atoms. The maximum atomic E-state index is 13.4. The van der Waals surface area contributed by atoms with Crippen molar-refractivity contribution in [1.29, 1.82) is 0 Å². The zero-order valence-corrected chi connectivity index (χ0v) is 22.3. The fourth-order valence-corrected chi connectivity index (χ4v) is 4.60. The number of rotatable bonds is 6. The van der Waals surface area contributed by atoms with Crippen LogP contribution in [0.25, 0.3) is 5.69 Å². The number of nitrogens with zero attached hydrogens (tertiary/aromatic N) is 3. The Kier molecular flexibility index (Phi) is 7.86. The molecule has 0 bridgehead atoms. The summed E-state index contributed by atoms with van der Waals surface area (Å²) in [5, 5.41) is 7.67. The lowest BCUT2D eigenvalue weighted by Crippen LogP contribution is -2.41. The number of hydrogen-bond acceptors (Lipinski definition) is 5. The minimum absolute atomic E-state index is 0.0644. The van der Waals surface area contributed by atoms with E-state index in [9.17, 15) is 9.59 Å². The summed E-state index contributed by atoms with van der Waals surface area (Å²) in [6.07, 6.45) is 2.77. The van der Waals surface area contributed by atoms with Gasteiger partial charge in [0.25, 0.3) is 5.91 Å². The van der Waals surface area contributed by atoms with Gasteiger partial charge in [0.15, 0.2) is 0 Å². The normalized spacial score (nSPS) is 14.4. The lowest BCUT2D eigenvalue weighted by atomic mass is 9.90. The quantitative estimate of drug-likeness (QED) is 0.497. The van der Waals surface area contributed by atoms with Crippen molar-refractivity contribution in [2.24, 2.45) is 0 Å². The minimum Gasteiger partial charge on any atom is -0.496 e. The van der Waals surface area contributed by atoms with Crippen molar-refractivity contribution in [3.05, 3.63) is 77.1 Å². The van der Waals surface area contributed by atoms with Crippen molar-refractivity contribution in [3.63, 3.8) is 0 Å². The van der Waals surface area contributed by atoms with Crippen LogP contribution in [0.2, 0.25) is 0 Å². The van der Waals surface area contributed by atoms with Crippen molar-refractivity contribution in [2.75, 3.05) is 20.2 Å². The number of hydrogen-bond donors (Lipinski definition) is 1. The summed E-state index contributed by atoms with van der Waals surface area (Å²) in [5.41, 5.74) is 3.83. The molecule has 37 heavy (non-hydrogen) atoms. The van der Waals surface area contributed by atoms with Gasteiger partial charge in [-0.2, -0.15) is 5.10 Å². The standard InChI is InChI=1S/C29H36N4O4/c1-20-10-12-23(13-11-20)33-26(21-14-16-32(17-15-21)28(35)37-29(2,3)4)24(19-31-33)27(34)30-18-22-8-6-7-9-25(22)36-5/h6-13,19,21H,14-18H2,1-5H3,(H,30,34). The highest BCUT2D eigenvalue weighted by Crippen LogP contribution is 2.33. The van der Waals surface area contributed by atoms with Crippen molar-refractivity contribution in [2.45, 2.75) is 58.6 Å². The molecule has 2 amide bonds. The second-order valence-corrected chi connectivity index (χ2v) is 10.4. The van der Waals surface area contributed by atoms with Gasteiger partial charge >= 0.3 is 6.09 Å². The van der Waals surface area contributed by atoms with Crippen LogP contribution in [0, 0.1) is 6.92 Å². The third kappa shape index (κ3) is 6.31. The zero-order valence-electron chi connectivity index (χ0n) is 22.3. The van der Waals surface area contributed by atoms with Crippen LogP contribution in [-0.2, 0) is 11.3 Å². The number of carbonyl (C=O) groups is 2. The van der Waals surface area contributed by atoms with Crippen LogP contribution in [-0.4, -0.2) is 52.5 Å². The van der Waals surface area contributed by atoms with E-state index in [0.29, 0.717) is 38.0 Å². The summed E-state index contributed by atoms with van der Waals surface area (Å²) in [6.45, 7) is 9.10. The van der Waals surface area contributed by atoms with Crippen LogP contribution in [0.5, 0.6) is 5.75 Å². The Hall–Kier alpha value is -3.81. The van der Waals surface area contributed by atoms with Crippen molar-refractivity contribution in [3.8, 4) is 11.4 Å². The van der Waals surface area contributed by atoms with Gasteiger partial charge in [-0.3, -0.25) is 4.79 Å². The fourth-order valence-electron chi connectivity index (χ4n) is 4.60. The highest BCUT2D eigenvalue weighted by molar-refractivity contribution is 5.95. The van der Waals surface area contributed by atoms with E-state index in [0.717, 1.165) is 28.3 Å². The molecule has 2 heterocycles. The smallest absolute Gasteiger partial charge is 0.410 e. The summed E-state index contributed by atoms with van der Waals surface area (Å²) in [4.78, 5) is 27.8. The molecule has 3 aromatic rings. The second kappa shape index (κ2) is 11.1.